The number of hydrogen-bond acceptors (Lipinski definition) is 2. The van der Waals surface area contributed by atoms with Crippen molar-refractivity contribution in [2.24, 2.45) is 11.8 Å². The molecule has 0 aromatic heterocycles. The van der Waals surface area contributed by atoms with Gasteiger partial charge in [0.2, 0.25) is 5.91 Å². The highest BCUT2D eigenvalue weighted by Gasteiger charge is 2.42. The van der Waals surface area contributed by atoms with Gasteiger partial charge in [-0.05, 0) is 26.2 Å². The largest absolute Gasteiger partial charge is 0.339 e. The first-order valence-corrected chi connectivity index (χ1v) is 5.62. The van der Waals surface area contributed by atoms with Crippen LogP contribution in [0.1, 0.15) is 27.2 Å². The highest BCUT2D eigenvalue weighted by Crippen LogP contribution is 2.39. The Labute approximate surface area is 85.8 Å². The molecule has 2 aliphatic rings. The van der Waals surface area contributed by atoms with Gasteiger partial charge in [0.25, 0.3) is 0 Å². The Balaban J connectivity index is 1.93. The Morgan fingerprint density at radius 2 is 1.71 bits per heavy atom. The van der Waals surface area contributed by atoms with E-state index in [0.717, 1.165) is 19.5 Å². The number of carbonyl (C=O) groups excluding carboxylic acids is 1. The fraction of sp³-hybridized carbons (Fsp3) is 0.909. The number of hydrogen-bond donors (Lipinski definition) is 1. The number of rotatable bonds is 1. The molecule has 2 fully saturated rings. The second-order valence-electron chi connectivity index (χ2n) is 5.03. The third-order valence-electron chi connectivity index (χ3n) is 3.30. The lowest BCUT2D eigenvalue weighted by atomic mass is 10.1. The van der Waals surface area contributed by atoms with Crippen molar-refractivity contribution in [2.45, 2.75) is 39.3 Å². The minimum absolute atomic E-state index is 0.340. The van der Waals surface area contributed by atoms with Crippen molar-refractivity contribution in [1.82, 2.24) is 10.2 Å². The Kier molecular flexibility index (Phi) is 2.52. The van der Waals surface area contributed by atoms with Gasteiger partial charge < -0.3 is 10.2 Å². The fourth-order valence-corrected chi connectivity index (χ4v) is 2.41. The highest BCUT2D eigenvalue weighted by molar-refractivity contribution is 5.81. The normalized spacial score (nSPS) is 42.4. The molecule has 4 atom stereocenters. The molecule has 1 aliphatic heterocycles. The SMILES string of the molecule is CC1CN(C(=O)C2CC2C)CC(C)N1. The topological polar surface area (TPSA) is 32.3 Å². The van der Waals surface area contributed by atoms with Crippen LogP contribution in [-0.2, 0) is 4.79 Å². The van der Waals surface area contributed by atoms with Crippen LogP contribution in [0.2, 0.25) is 0 Å². The van der Waals surface area contributed by atoms with Gasteiger partial charge in [0.15, 0.2) is 0 Å². The van der Waals surface area contributed by atoms with Crippen LogP contribution in [0, 0.1) is 11.8 Å². The summed E-state index contributed by atoms with van der Waals surface area (Å²) in [7, 11) is 0. The van der Waals surface area contributed by atoms with Gasteiger partial charge >= 0.3 is 0 Å². The monoisotopic (exact) mass is 196 g/mol. The van der Waals surface area contributed by atoms with Gasteiger partial charge in [-0.1, -0.05) is 6.92 Å². The van der Waals surface area contributed by atoms with E-state index in [2.05, 4.69) is 26.1 Å². The molecule has 0 spiro atoms. The quantitative estimate of drug-likeness (QED) is 0.674. The summed E-state index contributed by atoms with van der Waals surface area (Å²) in [5, 5.41) is 3.44. The smallest absolute Gasteiger partial charge is 0.226 e. The zero-order valence-electron chi connectivity index (χ0n) is 9.29. The summed E-state index contributed by atoms with van der Waals surface area (Å²) < 4.78 is 0. The first kappa shape index (κ1) is 9.97. The standard InChI is InChI=1S/C11H20N2O/c1-7-4-10(7)11(14)13-5-8(2)12-9(3)6-13/h7-10,12H,4-6H2,1-3H3. The van der Waals surface area contributed by atoms with E-state index in [1.54, 1.807) is 0 Å². The van der Waals surface area contributed by atoms with Gasteiger partial charge in [0.05, 0.1) is 0 Å². The van der Waals surface area contributed by atoms with Gasteiger partial charge in [0, 0.05) is 31.1 Å². The maximum atomic E-state index is 12.0. The maximum Gasteiger partial charge on any atom is 0.226 e. The number of nitrogens with one attached hydrogen (secondary N) is 1. The number of piperazine rings is 1. The molecular formula is C11H20N2O. The minimum Gasteiger partial charge on any atom is -0.339 e. The second-order valence-corrected chi connectivity index (χ2v) is 5.03. The Bertz CT molecular complexity index is 231. The molecule has 1 heterocycles. The molecule has 1 amide bonds. The highest BCUT2D eigenvalue weighted by atomic mass is 16.2. The first-order valence-electron chi connectivity index (χ1n) is 5.62. The third kappa shape index (κ3) is 1.92. The summed E-state index contributed by atoms with van der Waals surface area (Å²) in [4.78, 5) is 14.0. The molecule has 1 aliphatic carbocycles. The third-order valence-corrected chi connectivity index (χ3v) is 3.30. The van der Waals surface area contributed by atoms with Gasteiger partial charge in [-0.25, -0.2) is 0 Å². The van der Waals surface area contributed by atoms with Crippen LogP contribution in [0.5, 0.6) is 0 Å². The van der Waals surface area contributed by atoms with E-state index in [0.29, 0.717) is 29.8 Å². The van der Waals surface area contributed by atoms with E-state index < -0.39 is 0 Å². The van der Waals surface area contributed by atoms with Crippen molar-refractivity contribution in [3.05, 3.63) is 0 Å². The molecule has 1 N–H and O–H groups in total. The molecule has 14 heavy (non-hydrogen) atoms. The summed E-state index contributed by atoms with van der Waals surface area (Å²) in [6.07, 6.45) is 1.10. The van der Waals surface area contributed by atoms with Crippen LogP contribution in [-0.4, -0.2) is 36.0 Å². The van der Waals surface area contributed by atoms with Crippen LogP contribution in [0.3, 0.4) is 0 Å². The molecule has 3 nitrogen and oxygen atoms in total. The summed E-state index contributed by atoms with van der Waals surface area (Å²) in [5.74, 6) is 1.35. The molecule has 0 radical (unpaired) electrons. The van der Waals surface area contributed by atoms with Crippen molar-refractivity contribution in [1.29, 1.82) is 0 Å². The number of nitrogens with zero attached hydrogens (tertiary/aromatic N) is 1. The van der Waals surface area contributed by atoms with Crippen molar-refractivity contribution >= 4 is 5.91 Å². The Morgan fingerprint density at radius 3 is 2.14 bits per heavy atom. The lowest BCUT2D eigenvalue weighted by Gasteiger charge is -2.36. The van der Waals surface area contributed by atoms with Gasteiger partial charge in [-0.15, -0.1) is 0 Å². The molecule has 2 rings (SSSR count). The average Bonchev–Trinajstić information content (AvgIpc) is 2.79. The number of amides is 1. The molecule has 1 saturated carbocycles. The van der Waals surface area contributed by atoms with Crippen molar-refractivity contribution in [2.75, 3.05) is 13.1 Å². The van der Waals surface area contributed by atoms with E-state index >= 15 is 0 Å². The van der Waals surface area contributed by atoms with Crippen molar-refractivity contribution in [3.63, 3.8) is 0 Å². The number of carbonyl (C=O) groups is 1. The lowest BCUT2D eigenvalue weighted by molar-refractivity contribution is -0.134. The molecule has 0 aromatic carbocycles. The molecule has 4 unspecified atom stereocenters. The van der Waals surface area contributed by atoms with Crippen LogP contribution in [0.25, 0.3) is 0 Å². The van der Waals surface area contributed by atoms with E-state index in [1.165, 1.54) is 0 Å². The summed E-state index contributed by atoms with van der Waals surface area (Å²) in [5.41, 5.74) is 0. The molecular weight excluding hydrogens is 176 g/mol. The van der Waals surface area contributed by atoms with Crippen LogP contribution in [0.4, 0.5) is 0 Å². The van der Waals surface area contributed by atoms with E-state index in [9.17, 15) is 4.79 Å². The molecule has 80 valence electrons. The van der Waals surface area contributed by atoms with E-state index in [4.69, 9.17) is 0 Å². The molecule has 0 aromatic rings. The zero-order valence-corrected chi connectivity index (χ0v) is 9.29. The average molecular weight is 196 g/mol. The Hall–Kier alpha value is -0.570. The van der Waals surface area contributed by atoms with E-state index in [-0.39, 0.29) is 0 Å². The van der Waals surface area contributed by atoms with Crippen molar-refractivity contribution < 1.29 is 4.79 Å². The molecule has 1 saturated heterocycles. The minimum atomic E-state index is 0.340. The fourth-order valence-electron chi connectivity index (χ4n) is 2.41. The lowest BCUT2D eigenvalue weighted by Crippen LogP contribution is -2.56. The predicted octanol–water partition coefficient (Wildman–Crippen LogP) is 0.851. The summed E-state index contributed by atoms with van der Waals surface area (Å²) >= 11 is 0. The van der Waals surface area contributed by atoms with Crippen molar-refractivity contribution in [3.8, 4) is 0 Å². The predicted molar refractivity (Wildman–Crippen MR) is 55.9 cm³/mol. The summed E-state index contributed by atoms with van der Waals surface area (Å²) in [6, 6.07) is 0.883. The summed E-state index contributed by atoms with van der Waals surface area (Å²) in [6.45, 7) is 8.22. The van der Waals surface area contributed by atoms with Crippen LogP contribution < -0.4 is 5.32 Å². The molecule has 0 bridgehead atoms. The van der Waals surface area contributed by atoms with Gasteiger partial charge in [0.1, 0.15) is 0 Å². The zero-order chi connectivity index (χ0) is 10.3. The Morgan fingerprint density at radius 1 is 1.21 bits per heavy atom. The first-order chi connectivity index (χ1) is 6.58. The maximum absolute atomic E-state index is 12.0. The van der Waals surface area contributed by atoms with Crippen LogP contribution >= 0.6 is 0 Å². The van der Waals surface area contributed by atoms with Gasteiger partial charge in [-0.2, -0.15) is 0 Å². The van der Waals surface area contributed by atoms with E-state index in [1.807, 2.05) is 4.90 Å². The molecule has 3 heteroatoms. The van der Waals surface area contributed by atoms with Gasteiger partial charge in [-0.3, -0.25) is 4.79 Å². The second kappa shape index (κ2) is 3.54. The van der Waals surface area contributed by atoms with Crippen LogP contribution in [0.15, 0.2) is 0 Å².